The molecule has 2 heterocycles. The van der Waals surface area contributed by atoms with Crippen molar-refractivity contribution in [2.24, 2.45) is 0 Å². The first-order chi connectivity index (χ1) is 13.7. The lowest BCUT2D eigenvalue weighted by Gasteiger charge is -2.19. The predicted molar refractivity (Wildman–Crippen MR) is 107 cm³/mol. The van der Waals surface area contributed by atoms with Gasteiger partial charge in [-0.1, -0.05) is 41.6 Å². The summed E-state index contributed by atoms with van der Waals surface area (Å²) >= 11 is 7.53. The molecule has 3 aromatic rings. The number of H-pyrrole nitrogens is 1. The van der Waals surface area contributed by atoms with Gasteiger partial charge in [-0.3, -0.25) is 4.79 Å². The molecule has 140 valence electrons. The number of thioether (sulfide) groups is 1. The van der Waals surface area contributed by atoms with Crippen LogP contribution in [0.15, 0.2) is 52.4 Å². The highest BCUT2D eigenvalue weighted by molar-refractivity contribution is 7.98. The van der Waals surface area contributed by atoms with Crippen LogP contribution < -0.4 is 15.0 Å². The summed E-state index contributed by atoms with van der Waals surface area (Å²) in [6, 6.07) is 14.7. The number of halogens is 1. The summed E-state index contributed by atoms with van der Waals surface area (Å²) in [4.78, 5) is 19.6. The van der Waals surface area contributed by atoms with Crippen LogP contribution in [0.3, 0.4) is 0 Å². The molecule has 8 heteroatoms. The van der Waals surface area contributed by atoms with Gasteiger partial charge < -0.3 is 14.5 Å². The van der Waals surface area contributed by atoms with Crippen molar-refractivity contribution in [1.82, 2.24) is 9.97 Å². The van der Waals surface area contributed by atoms with Gasteiger partial charge in [0, 0.05) is 16.3 Å². The van der Waals surface area contributed by atoms with Crippen molar-refractivity contribution < 1.29 is 9.47 Å². The summed E-state index contributed by atoms with van der Waals surface area (Å²) in [7, 11) is 0. The molecule has 4 rings (SSSR count). The number of aromatic nitrogens is 2. The largest absolute Gasteiger partial charge is 0.486 e. The molecule has 0 bridgehead atoms. The molecule has 1 aromatic heterocycles. The van der Waals surface area contributed by atoms with Crippen LogP contribution in [0.5, 0.6) is 11.5 Å². The average Bonchev–Trinajstić information content (AvgIpc) is 2.72. The van der Waals surface area contributed by atoms with Crippen molar-refractivity contribution in [2.75, 3.05) is 13.2 Å². The number of hydrogen-bond acceptors (Lipinski definition) is 6. The third kappa shape index (κ3) is 3.70. The highest BCUT2D eigenvalue weighted by Gasteiger charge is 2.18. The fraction of sp³-hybridized carbons (Fsp3) is 0.150. The van der Waals surface area contributed by atoms with E-state index in [1.165, 1.54) is 11.8 Å². The monoisotopic (exact) mass is 411 g/mol. The van der Waals surface area contributed by atoms with Gasteiger partial charge in [0.25, 0.3) is 5.56 Å². The van der Waals surface area contributed by atoms with E-state index in [4.69, 9.17) is 21.1 Å². The quantitative estimate of drug-likeness (QED) is 0.515. The topological polar surface area (TPSA) is 88.0 Å². The van der Waals surface area contributed by atoms with Crippen LogP contribution in [0.4, 0.5) is 0 Å². The van der Waals surface area contributed by atoms with Gasteiger partial charge >= 0.3 is 0 Å². The Morgan fingerprint density at radius 1 is 1.18 bits per heavy atom. The second-order valence-electron chi connectivity index (χ2n) is 5.95. The highest BCUT2D eigenvalue weighted by atomic mass is 35.5. The van der Waals surface area contributed by atoms with Crippen LogP contribution in [-0.2, 0) is 5.75 Å². The number of nitrogens with one attached hydrogen (secondary N) is 1. The van der Waals surface area contributed by atoms with E-state index < -0.39 is 5.56 Å². The third-order valence-electron chi connectivity index (χ3n) is 4.15. The molecular weight excluding hydrogens is 398 g/mol. The Morgan fingerprint density at radius 3 is 2.75 bits per heavy atom. The molecule has 0 atom stereocenters. The molecular formula is C20H14ClN3O3S. The van der Waals surface area contributed by atoms with Gasteiger partial charge in [-0.2, -0.15) is 5.26 Å². The highest BCUT2D eigenvalue weighted by Crippen LogP contribution is 2.35. The van der Waals surface area contributed by atoms with Crippen LogP contribution >= 0.6 is 23.4 Å². The lowest BCUT2D eigenvalue weighted by molar-refractivity contribution is 0.171. The zero-order valence-electron chi connectivity index (χ0n) is 14.6. The van der Waals surface area contributed by atoms with Gasteiger partial charge in [0.15, 0.2) is 16.7 Å². The van der Waals surface area contributed by atoms with E-state index in [2.05, 4.69) is 9.97 Å². The Hall–Kier alpha value is -2.95. The number of benzene rings is 2. The summed E-state index contributed by atoms with van der Waals surface area (Å²) < 4.78 is 11.1. The van der Waals surface area contributed by atoms with Crippen molar-refractivity contribution in [3.63, 3.8) is 0 Å². The Morgan fingerprint density at radius 2 is 1.96 bits per heavy atom. The van der Waals surface area contributed by atoms with Crippen LogP contribution in [0.1, 0.15) is 11.1 Å². The van der Waals surface area contributed by atoms with Crippen LogP contribution in [0, 0.1) is 11.3 Å². The smallest absolute Gasteiger partial charge is 0.270 e. The molecule has 1 aliphatic heterocycles. The maximum absolute atomic E-state index is 12.4. The number of nitriles is 1. The zero-order valence-corrected chi connectivity index (χ0v) is 16.1. The SMILES string of the molecule is N#Cc1c(-c2ccc3c(c2)OCCO3)nc(SCc2ccccc2Cl)[nH]c1=O. The van der Waals surface area contributed by atoms with Crippen LogP contribution in [0.25, 0.3) is 11.3 Å². The molecule has 2 aromatic carbocycles. The molecule has 1 N–H and O–H groups in total. The molecule has 28 heavy (non-hydrogen) atoms. The summed E-state index contributed by atoms with van der Waals surface area (Å²) in [5.74, 6) is 1.74. The molecule has 0 aliphatic carbocycles. The van der Waals surface area contributed by atoms with E-state index in [0.717, 1.165) is 5.56 Å². The summed E-state index contributed by atoms with van der Waals surface area (Å²) in [5.41, 5.74) is 1.33. The number of hydrogen-bond donors (Lipinski definition) is 1. The van der Waals surface area contributed by atoms with E-state index in [0.29, 0.717) is 51.9 Å². The van der Waals surface area contributed by atoms with Crippen molar-refractivity contribution in [3.05, 3.63) is 69.0 Å². The average molecular weight is 412 g/mol. The second kappa shape index (κ2) is 7.97. The van der Waals surface area contributed by atoms with E-state index in [-0.39, 0.29) is 5.56 Å². The maximum atomic E-state index is 12.4. The maximum Gasteiger partial charge on any atom is 0.270 e. The van der Waals surface area contributed by atoms with Gasteiger partial charge in [-0.15, -0.1) is 0 Å². The first-order valence-electron chi connectivity index (χ1n) is 8.46. The fourth-order valence-corrected chi connectivity index (χ4v) is 3.93. The summed E-state index contributed by atoms with van der Waals surface area (Å²) in [6.07, 6.45) is 0. The first-order valence-corrected chi connectivity index (χ1v) is 9.82. The molecule has 0 fully saturated rings. The molecule has 1 aliphatic rings. The molecule has 0 spiro atoms. The standard InChI is InChI=1S/C20H14ClN3O3S/c21-15-4-2-1-3-13(15)11-28-20-23-18(14(10-22)19(25)24-20)12-5-6-16-17(9-12)27-8-7-26-16/h1-6,9H,7-8,11H2,(H,23,24,25). The number of ether oxygens (including phenoxy) is 2. The Bertz CT molecular complexity index is 1140. The molecule has 0 radical (unpaired) electrons. The van der Waals surface area contributed by atoms with Gasteiger partial charge in [-0.05, 0) is 29.8 Å². The summed E-state index contributed by atoms with van der Waals surface area (Å²) in [6.45, 7) is 0.936. The van der Waals surface area contributed by atoms with E-state index in [9.17, 15) is 10.1 Å². The third-order valence-corrected chi connectivity index (χ3v) is 5.44. The van der Waals surface area contributed by atoms with Crippen LogP contribution in [-0.4, -0.2) is 23.2 Å². The van der Waals surface area contributed by atoms with E-state index in [1.54, 1.807) is 18.2 Å². The minimum Gasteiger partial charge on any atom is -0.486 e. The fourth-order valence-electron chi connectivity index (χ4n) is 2.79. The minimum absolute atomic E-state index is 0.0428. The van der Waals surface area contributed by atoms with Crippen molar-refractivity contribution in [1.29, 1.82) is 5.26 Å². The second-order valence-corrected chi connectivity index (χ2v) is 7.32. The normalized spacial score (nSPS) is 12.4. The first kappa shape index (κ1) is 18.4. The van der Waals surface area contributed by atoms with Crippen molar-refractivity contribution in [3.8, 4) is 28.8 Å². The van der Waals surface area contributed by atoms with Gasteiger partial charge in [0.1, 0.15) is 24.8 Å². The molecule has 0 saturated carbocycles. The lowest BCUT2D eigenvalue weighted by atomic mass is 10.1. The number of nitrogens with zero attached hydrogens (tertiary/aromatic N) is 2. The minimum atomic E-state index is -0.482. The zero-order chi connectivity index (χ0) is 19.5. The van der Waals surface area contributed by atoms with E-state index in [1.807, 2.05) is 30.3 Å². The Balaban J connectivity index is 1.70. The Kier molecular flexibility index (Phi) is 5.24. The number of fused-ring (bicyclic) bond motifs is 1. The van der Waals surface area contributed by atoms with E-state index >= 15 is 0 Å². The van der Waals surface area contributed by atoms with Gasteiger partial charge in [0.2, 0.25) is 0 Å². The number of aromatic amines is 1. The molecule has 0 unspecified atom stereocenters. The van der Waals surface area contributed by atoms with Gasteiger partial charge in [-0.25, -0.2) is 4.98 Å². The van der Waals surface area contributed by atoms with Crippen molar-refractivity contribution >= 4 is 23.4 Å². The Labute approximate surface area is 170 Å². The predicted octanol–water partition coefficient (Wildman–Crippen LogP) is 4.03. The number of rotatable bonds is 4. The molecule has 6 nitrogen and oxygen atoms in total. The molecule has 0 saturated heterocycles. The van der Waals surface area contributed by atoms with Gasteiger partial charge in [0.05, 0.1) is 5.69 Å². The van der Waals surface area contributed by atoms with Crippen LogP contribution in [0.2, 0.25) is 5.02 Å². The molecule has 0 amide bonds. The lowest BCUT2D eigenvalue weighted by Crippen LogP contribution is -2.16. The summed E-state index contributed by atoms with van der Waals surface area (Å²) in [5, 5.41) is 10.5. The van der Waals surface area contributed by atoms with Crippen molar-refractivity contribution in [2.45, 2.75) is 10.9 Å².